The third-order valence-corrected chi connectivity index (χ3v) is 8.84. The fraction of sp³-hybridized carbons (Fsp3) is 0.667. The van der Waals surface area contributed by atoms with Crippen LogP contribution in [-0.2, 0) is 22.3 Å². The fourth-order valence-corrected chi connectivity index (χ4v) is 6.91. The monoisotopic (exact) mass is 617 g/mol. The lowest BCUT2D eigenvalue weighted by Crippen LogP contribution is -2.52. The number of alkyl halides is 6. The first-order chi connectivity index (χ1) is 20.5. The van der Waals surface area contributed by atoms with E-state index < -0.39 is 29.9 Å². The molecule has 0 N–H and O–H groups in total. The number of esters is 1. The second-order valence-electron chi connectivity index (χ2n) is 11.2. The van der Waals surface area contributed by atoms with E-state index in [1.54, 1.807) is 12.1 Å². The summed E-state index contributed by atoms with van der Waals surface area (Å²) in [4.78, 5) is 14.5. The smallest absolute Gasteiger partial charge is 0.420 e. The van der Waals surface area contributed by atoms with E-state index in [9.17, 15) is 31.1 Å². The number of hydrogen-bond donors (Lipinski definition) is 0. The molecule has 2 bridgehead atoms. The van der Waals surface area contributed by atoms with Gasteiger partial charge in [0.25, 0.3) is 0 Å². The van der Waals surface area contributed by atoms with Gasteiger partial charge in [0.1, 0.15) is 11.3 Å². The van der Waals surface area contributed by atoms with E-state index in [0.717, 1.165) is 24.8 Å². The molecule has 4 nitrogen and oxygen atoms in total. The van der Waals surface area contributed by atoms with Gasteiger partial charge in [0.05, 0.1) is 25.0 Å². The normalized spacial score (nSPS) is 26.0. The standard InChI is InChI=1S/C29H33F6NO3.2C2H6/c1-38-27(37)18-14-20-5-3-6-21(15-18)36(20)16-17-4-2-7-24-23(17)12-13-25(26(24)29(33,34)35)39-22-10-8-19(9-11-22)28(30,31)32;2*1-2/h2,4,7,12-13,18-22H,3,5-6,8-11,14-16H2,1H3;2*1-2H3. The summed E-state index contributed by atoms with van der Waals surface area (Å²) in [5.41, 5.74) is -0.118. The Hall–Kier alpha value is -2.49. The number of piperidine rings is 2. The van der Waals surface area contributed by atoms with Gasteiger partial charge in [-0.05, 0) is 73.8 Å². The van der Waals surface area contributed by atoms with E-state index in [0.29, 0.717) is 24.8 Å². The molecule has 2 aromatic carbocycles. The molecule has 0 aromatic heterocycles. The second kappa shape index (κ2) is 15.0. The van der Waals surface area contributed by atoms with E-state index in [4.69, 9.17) is 9.47 Å². The molecule has 242 valence electrons. The van der Waals surface area contributed by atoms with Crippen molar-refractivity contribution in [3.63, 3.8) is 0 Å². The molecular formula is C33H45F6NO3. The first-order valence-electron chi connectivity index (χ1n) is 15.6. The van der Waals surface area contributed by atoms with Crippen LogP contribution in [0, 0.1) is 11.8 Å². The van der Waals surface area contributed by atoms with Gasteiger partial charge in [0.15, 0.2) is 0 Å². The number of ether oxygens (including phenoxy) is 2. The lowest BCUT2D eigenvalue weighted by atomic mass is 9.78. The maximum Gasteiger partial charge on any atom is 0.420 e. The quantitative estimate of drug-likeness (QED) is 0.247. The summed E-state index contributed by atoms with van der Waals surface area (Å²) in [6.07, 6.45) is -5.61. The molecule has 2 saturated heterocycles. The summed E-state index contributed by atoms with van der Waals surface area (Å²) in [7, 11) is 1.39. The lowest BCUT2D eigenvalue weighted by Gasteiger charge is -2.48. The third kappa shape index (κ3) is 8.17. The predicted molar refractivity (Wildman–Crippen MR) is 156 cm³/mol. The van der Waals surface area contributed by atoms with Gasteiger partial charge in [-0.3, -0.25) is 9.69 Å². The fourth-order valence-electron chi connectivity index (χ4n) is 6.91. The minimum Gasteiger partial charge on any atom is -0.490 e. The highest BCUT2D eigenvalue weighted by molar-refractivity contribution is 5.91. The van der Waals surface area contributed by atoms with Crippen LogP contribution in [0.4, 0.5) is 26.3 Å². The highest BCUT2D eigenvalue weighted by atomic mass is 19.4. The van der Waals surface area contributed by atoms with Gasteiger partial charge >= 0.3 is 18.3 Å². The molecule has 43 heavy (non-hydrogen) atoms. The summed E-state index contributed by atoms with van der Waals surface area (Å²) in [6, 6.07) is 8.15. The summed E-state index contributed by atoms with van der Waals surface area (Å²) in [6.45, 7) is 8.47. The molecule has 0 radical (unpaired) electrons. The maximum atomic E-state index is 14.4. The number of halogens is 6. The van der Waals surface area contributed by atoms with Gasteiger partial charge in [0, 0.05) is 18.6 Å². The second-order valence-corrected chi connectivity index (χ2v) is 11.2. The van der Waals surface area contributed by atoms with Crippen molar-refractivity contribution in [2.45, 2.75) is 123 Å². The Morgan fingerprint density at radius 1 is 0.837 bits per heavy atom. The number of rotatable bonds is 5. The Bertz CT molecular complexity index is 1180. The number of nitrogens with zero attached hydrogens (tertiary/aromatic N) is 1. The van der Waals surface area contributed by atoms with Crippen molar-refractivity contribution in [1.82, 2.24) is 4.90 Å². The molecule has 2 unspecified atom stereocenters. The predicted octanol–water partition coefficient (Wildman–Crippen LogP) is 9.72. The topological polar surface area (TPSA) is 38.8 Å². The Balaban J connectivity index is 0.00000121. The average molecular weight is 618 g/mol. The van der Waals surface area contributed by atoms with Gasteiger partial charge in [-0.2, -0.15) is 26.3 Å². The molecule has 3 aliphatic rings. The van der Waals surface area contributed by atoms with Crippen LogP contribution in [0.5, 0.6) is 5.75 Å². The van der Waals surface area contributed by atoms with E-state index in [1.165, 1.54) is 19.2 Å². The number of carbonyl (C=O) groups excluding carboxylic acids is 1. The van der Waals surface area contributed by atoms with Crippen LogP contribution in [0.3, 0.4) is 0 Å². The zero-order valence-electron chi connectivity index (χ0n) is 25.8. The molecule has 1 aliphatic carbocycles. The minimum absolute atomic E-state index is 0.0242. The highest BCUT2D eigenvalue weighted by Crippen LogP contribution is 2.45. The number of fused-ring (bicyclic) bond motifs is 3. The van der Waals surface area contributed by atoms with Crippen molar-refractivity contribution in [3.8, 4) is 5.75 Å². The zero-order chi connectivity index (χ0) is 31.9. The molecule has 2 aliphatic heterocycles. The Labute approximate surface area is 251 Å². The van der Waals surface area contributed by atoms with Crippen molar-refractivity contribution in [3.05, 3.63) is 41.5 Å². The molecule has 2 atom stereocenters. The summed E-state index contributed by atoms with van der Waals surface area (Å²) in [5, 5.41) is 0.502. The average Bonchev–Trinajstić information content (AvgIpc) is 2.98. The molecular weight excluding hydrogens is 572 g/mol. The van der Waals surface area contributed by atoms with Gasteiger partial charge in [-0.1, -0.05) is 58.4 Å². The largest absolute Gasteiger partial charge is 0.490 e. The van der Waals surface area contributed by atoms with Crippen molar-refractivity contribution >= 4 is 16.7 Å². The van der Waals surface area contributed by atoms with Gasteiger partial charge in [0.2, 0.25) is 0 Å². The number of hydrogen-bond acceptors (Lipinski definition) is 4. The van der Waals surface area contributed by atoms with Crippen LogP contribution < -0.4 is 4.74 Å². The van der Waals surface area contributed by atoms with Crippen molar-refractivity contribution in [1.29, 1.82) is 0 Å². The van der Waals surface area contributed by atoms with Gasteiger partial charge in [-0.25, -0.2) is 0 Å². The highest BCUT2D eigenvalue weighted by Gasteiger charge is 2.44. The van der Waals surface area contributed by atoms with Crippen molar-refractivity contribution in [2.75, 3.05) is 7.11 Å². The SMILES string of the molecule is CC.CC.COC(=O)C1CC2CCCC(C1)N2Cc1cccc2c(C(F)(F)F)c(OC3CCC(C(F)(F)F)CC3)ccc12. The molecule has 2 heterocycles. The summed E-state index contributed by atoms with van der Waals surface area (Å²) < 4.78 is 93.0. The summed E-state index contributed by atoms with van der Waals surface area (Å²) >= 11 is 0. The lowest BCUT2D eigenvalue weighted by molar-refractivity contribution is -0.185. The van der Waals surface area contributed by atoms with E-state index in [2.05, 4.69) is 4.90 Å². The number of carbonyl (C=O) groups is 1. The summed E-state index contributed by atoms with van der Waals surface area (Å²) in [5.74, 6) is -2.13. The first-order valence-corrected chi connectivity index (χ1v) is 15.6. The third-order valence-electron chi connectivity index (χ3n) is 8.84. The van der Waals surface area contributed by atoms with Crippen LogP contribution >= 0.6 is 0 Å². The van der Waals surface area contributed by atoms with E-state index >= 15 is 0 Å². The van der Waals surface area contributed by atoms with Gasteiger partial charge < -0.3 is 9.47 Å². The van der Waals surface area contributed by atoms with Crippen LogP contribution in [0.1, 0.15) is 96.6 Å². The molecule has 5 rings (SSSR count). The minimum atomic E-state index is -4.70. The molecule has 2 aromatic rings. The van der Waals surface area contributed by atoms with E-state index in [-0.39, 0.29) is 60.8 Å². The molecule has 0 amide bonds. The first kappa shape index (κ1) is 35.0. The Morgan fingerprint density at radius 3 is 1.98 bits per heavy atom. The van der Waals surface area contributed by atoms with Crippen LogP contribution in [0.15, 0.2) is 30.3 Å². The van der Waals surface area contributed by atoms with E-state index in [1.807, 2.05) is 33.8 Å². The number of methoxy groups -OCH3 is 1. The maximum absolute atomic E-state index is 14.4. The van der Waals surface area contributed by atoms with Crippen molar-refractivity contribution in [2.24, 2.45) is 11.8 Å². The Kier molecular flexibility index (Phi) is 12.2. The van der Waals surface area contributed by atoms with Gasteiger partial charge in [-0.15, -0.1) is 0 Å². The van der Waals surface area contributed by atoms with Crippen molar-refractivity contribution < 1.29 is 40.6 Å². The zero-order valence-corrected chi connectivity index (χ0v) is 25.8. The van der Waals surface area contributed by atoms with Crippen LogP contribution in [0.2, 0.25) is 0 Å². The molecule has 1 saturated carbocycles. The molecule has 0 spiro atoms. The molecule has 3 fully saturated rings. The van der Waals surface area contributed by atoms with Crippen LogP contribution in [0.25, 0.3) is 10.8 Å². The van der Waals surface area contributed by atoms with Crippen LogP contribution in [-0.4, -0.2) is 42.3 Å². The Morgan fingerprint density at radius 2 is 1.44 bits per heavy atom. The molecule has 10 heteroatoms. The number of benzene rings is 2.